The van der Waals surface area contributed by atoms with E-state index in [1.165, 1.54) is 11.8 Å². The summed E-state index contributed by atoms with van der Waals surface area (Å²) < 4.78 is 5.87. The van der Waals surface area contributed by atoms with Gasteiger partial charge in [0.2, 0.25) is 0 Å². The summed E-state index contributed by atoms with van der Waals surface area (Å²) >= 11 is 7.44. The number of carbonyl (C=O) groups excluding carboxylic acids is 1. The minimum absolute atomic E-state index is 0.204. The van der Waals surface area contributed by atoms with E-state index in [4.69, 9.17) is 26.4 Å². The van der Waals surface area contributed by atoms with Gasteiger partial charge in [0, 0.05) is 21.6 Å². The molecule has 2 aliphatic heterocycles. The van der Waals surface area contributed by atoms with Crippen LogP contribution in [0.4, 0.5) is 0 Å². The van der Waals surface area contributed by atoms with Crippen molar-refractivity contribution < 1.29 is 9.53 Å². The summed E-state index contributed by atoms with van der Waals surface area (Å²) in [4.78, 5) is 18.2. The predicted octanol–water partition coefficient (Wildman–Crippen LogP) is 3.82. The lowest BCUT2D eigenvalue weighted by atomic mass is 10.1. The molecular weight excluding hydrogens is 456 g/mol. The molecule has 2 heterocycles. The van der Waals surface area contributed by atoms with Gasteiger partial charge in [0.05, 0.1) is 12.0 Å². The SMILES string of the molecule is CCOc1ccccc1[C@H]1N=c2ccccc2=C2C(=O)NC(SCc3ccc(Cl)cc3)=NN21. The van der Waals surface area contributed by atoms with Crippen LogP contribution in [0.15, 0.2) is 82.9 Å². The molecule has 2 aliphatic rings. The number of amidine groups is 1. The molecule has 3 aromatic rings. The molecule has 1 atom stereocenters. The Kier molecular flexibility index (Phi) is 6.07. The zero-order valence-electron chi connectivity index (χ0n) is 17.9. The molecule has 166 valence electrons. The van der Waals surface area contributed by atoms with Gasteiger partial charge in [-0.2, -0.15) is 0 Å². The number of nitrogens with one attached hydrogen (secondary N) is 1. The van der Waals surface area contributed by atoms with E-state index in [2.05, 4.69) is 5.32 Å². The van der Waals surface area contributed by atoms with E-state index in [0.29, 0.717) is 28.2 Å². The van der Waals surface area contributed by atoms with Gasteiger partial charge in [-0.05, 0) is 36.8 Å². The van der Waals surface area contributed by atoms with Crippen LogP contribution in [0.2, 0.25) is 5.02 Å². The summed E-state index contributed by atoms with van der Waals surface area (Å²) in [6.07, 6.45) is -0.519. The van der Waals surface area contributed by atoms with Crippen molar-refractivity contribution >= 4 is 40.1 Å². The van der Waals surface area contributed by atoms with Gasteiger partial charge in [-0.3, -0.25) is 15.1 Å². The number of hydrogen-bond acceptors (Lipinski definition) is 6. The lowest BCUT2D eigenvalue weighted by Gasteiger charge is -2.34. The molecule has 5 rings (SSSR count). The first-order chi connectivity index (χ1) is 16.1. The van der Waals surface area contributed by atoms with Crippen LogP contribution in [0.3, 0.4) is 0 Å². The first-order valence-electron chi connectivity index (χ1n) is 10.6. The van der Waals surface area contributed by atoms with Crippen molar-refractivity contribution in [2.45, 2.75) is 18.8 Å². The molecule has 1 N–H and O–H groups in total. The highest BCUT2D eigenvalue weighted by Gasteiger charge is 2.35. The van der Waals surface area contributed by atoms with E-state index in [1.54, 1.807) is 5.01 Å². The number of hydrazone groups is 1. The van der Waals surface area contributed by atoms with E-state index in [0.717, 1.165) is 27.5 Å². The molecule has 0 saturated carbocycles. The Morgan fingerprint density at radius 3 is 2.64 bits per heavy atom. The fraction of sp³-hybridized carbons (Fsp3) is 0.160. The fourth-order valence-corrected chi connectivity index (χ4v) is 4.74. The quantitative estimate of drug-likeness (QED) is 0.608. The molecule has 0 fully saturated rings. The number of nitrogens with zero attached hydrogens (tertiary/aromatic N) is 3. The van der Waals surface area contributed by atoms with Crippen LogP contribution in [0, 0.1) is 0 Å². The second-order valence-corrected chi connectivity index (χ2v) is 8.86. The third kappa shape index (κ3) is 4.34. The smallest absolute Gasteiger partial charge is 0.276 e. The highest BCUT2D eigenvalue weighted by Crippen LogP contribution is 2.35. The molecule has 3 aromatic carbocycles. The number of thioether (sulfide) groups is 1. The molecule has 0 radical (unpaired) electrons. The third-order valence-electron chi connectivity index (χ3n) is 5.30. The number of carbonyl (C=O) groups is 1. The summed E-state index contributed by atoms with van der Waals surface area (Å²) in [6, 6.07) is 23.0. The largest absolute Gasteiger partial charge is 0.493 e. The zero-order chi connectivity index (χ0) is 22.8. The maximum Gasteiger partial charge on any atom is 0.276 e. The number of amides is 1. The Bertz CT molecular complexity index is 1360. The number of halogens is 1. The van der Waals surface area contributed by atoms with Crippen LogP contribution in [0.5, 0.6) is 5.75 Å². The summed E-state index contributed by atoms with van der Waals surface area (Å²) in [7, 11) is 0. The van der Waals surface area contributed by atoms with Gasteiger partial charge in [0.15, 0.2) is 11.3 Å². The van der Waals surface area contributed by atoms with Crippen LogP contribution >= 0.6 is 23.4 Å². The van der Waals surface area contributed by atoms with Crippen LogP contribution in [0.1, 0.15) is 24.2 Å². The highest BCUT2D eigenvalue weighted by atomic mass is 35.5. The van der Waals surface area contributed by atoms with Gasteiger partial charge >= 0.3 is 0 Å². The molecular formula is C25H21ClN4O2S. The lowest BCUT2D eigenvalue weighted by Crippen LogP contribution is -2.50. The number of rotatable bonds is 5. The Morgan fingerprint density at radius 1 is 1.06 bits per heavy atom. The van der Waals surface area contributed by atoms with E-state index >= 15 is 0 Å². The van der Waals surface area contributed by atoms with Gasteiger partial charge in [0.1, 0.15) is 11.4 Å². The summed E-state index contributed by atoms with van der Waals surface area (Å²) in [5.41, 5.74) is 2.42. The average molecular weight is 477 g/mol. The Labute approximate surface area is 200 Å². The standard InChI is InChI=1S/C25H21ClN4O2S/c1-2-32-21-10-6-4-8-19(21)23-27-20-9-5-3-7-18(20)22-24(31)28-25(29-30(22)23)33-15-16-11-13-17(26)14-12-16/h3-14,23H,2,15H2,1H3,(H,28,29,31)/t23-/m0/s1. The number of para-hydroxylation sites is 2. The van der Waals surface area contributed by atoms with Crippen molar-refractivity contribution in [1.29, 1.82) is 0 Å². The zero-order valence-corrected chi connectivity index (χ0v) is 19.4. The van der Waals surface area contributed by atoms with Crippen molar-refractivity contribution in [1.82, 2.24) is 10.3 Å². The van der Waals surface area contributed by atoms with Crippen molar-refractivity contribution in [2.75, 3.05) is 6.61 Å². The normalized spacial score (nSPS) is 16.8. The Morgan fingerprint density at radius 2 is 1.82 bits per heavy atom. The van der Waals surface area contributed by atoms with Gasteiger partial charge < -0.3 is 4.74 Å². The lowest BCUT2D eigenvalue weighted by molar-refractivity contribution is -0.116. The number of hydrogen-bond donors (Lipinski definition) is 1. The fourth-order valence-electron chi connectivity index (χ4n) is 3.81. The number of benzene rings is 3. The average Bonchev–Trinajstić information content (AvgIpc) is 2.83. The molecule has 0 aliphatic carbocycles. The molecule has 0 saturated heterocycles. The number of ether oxygens (including phenoxy) is 1. The van der Waals surface area contributed by atoms with Crippen LogP contribution in [0.25, 0.3) is 5.70 Å². The third-order valence-corrected chi connectivity index (χ3v) is 6.49. The molecule has 0 aromatic heterocycles. The molecule has 0 unspecified atom stereocenters. The van der Waals surface area contributed by atoms with Crippen LogP contribution in [-0.2, 0) is 10.5 Å². The van der Waals surface area contributed by atoms with Crippen molar-refractivity contribution in [3.05, 3.63) is 99.5 Å². The summed E-state index contributed by atoms with van der Waals surface area (Å²) in [5, 5.41) is 12.2. The van der Waals surface area contributed by atoms with E-state index in [-0.39, 0.29) is 5.91 Å². The van der Waals surface area contributed by atoms with Crippen molar-refractivity contribution in [3.8, 4) is 5.75 Å². The molecule has 0 spiro atoms. The van der Waals surface area contributed by atoms with Gasteiger partial charge in [-0.1, -0.05) is 71.9 Å². The molecule has 1 amide bonds. The van der Waals surface area contributed by atoms with Gasteiger partial charge in [0.25, 0.3) is 5.91 Å². The topological polar surface area (TPSA) is 66.3 Å². The van der Waals surface area contributed by atoms with E-state index < -0.39 is 6.17 Å². The van der Waals surface area contributed by atoms with Crippen LogP contribution in [-0.4, -0.2) is 22.7 Å². The first kappa shape index (κ1) is 21.6. The highest BCUT2D eigenvalue weighted by molar-refractivity contribution is 8.13. The summed E-state index contributed by atoms with van der Waals surface area (Å²) in [5.74, 6) is 1.17. The molecule has 8 heteroatoms. The monoisotopic (exact) mass is 476 g/mol. The Balaban J connectivity index is 1.57. The minimum Gasteiger partial charge on any atom is -0.493 e. The maximum atomic E-state index is 13.3. The predicted molar refractivity (Wildman–Crippen MR) is 131 cm³/mol. The molecule has 33 heavy (non-hydrogen) atoms. The van der Waals surface area contributed by atoms with Crippen molar-refractivity contribution in [3.63, 3.8) is 0 Å². The van der Waals surface area contributed by atoms with Gasteiger partial charge in [-0.15, -0.1) is 5.10 Å². The Hall–Kier alpha value is -3.29. The van der Waals surface area contributed by atoms with E-state index in [1.807, 2.05) is 79.7 Å². The second-order valence-electron chi connectivity index (χ2n) is 7.46. The first-order valence-corrected chi connectivity index (χ1v) is 12.0. The van der Waals surface area contributed by atoms with Gasteiger partial charge in [-0.25, -0.2) is 5.01 Å². The summed E-state index contributed by atoms with van der Waals surface area (Å²) in [6.45, 7) is 2.47. The maximum absolute atomic E-state index is 13.3. The van der Waals surface area contributed by atoms with Crippen LogP contribution < -0.4 is 20.6 Å². The molecule has 6 nitrogen and oxygen atoms in total. The second kappa shape index (κ2) is 9.29. The van der Waals surface area contributed by atoms with E-state index in [9.17, 15) is 4.79 Å². The van der Waals surface area contributed by atoms with Crippen molar-refractivity contribution in [2.24, 2.45) is 10.1 Å². The minimum atomic E-state index is -0.519. The molecule has 0 bridgehead atoms. The number of fused-ring (bicyclic) bond motifs is 2.